The van der Waals surface area contributed by atoms with Crippen molar-refractivity contribution in [3.05, 3.63) is 11.7 Å². The zero-order valence-corrected chi connectivity index (χ0v) is 11.6. The molecule has 1 aromatic heterocycles. The third-order valence-electron chi connectivity index (χ3n) is 3.33. The first kappa shape index (κ1) is 16.2. The molecule has 21 heavy (non-hydrogen) atoms. The van der Waals surface area contributed by atoms with Gasteiger partial charge in [-0.15, -0.1) is 0 Å². The summed E-state index contributed by atoms with van der Waals surface area (Å²) in [6, 6.07) is 0. The Hall–Kier alpha value is -1.19. The first-order valence-corrected chi connectivity index (χ1v) is 6.70. The van der Waals surface area contributed by atoms with Crippen LogP contribution in [-0.4, -0.2) is 59.2 Å². The van der Waals surface area contributed by atoms with Crippen LogP contribution in [0.3, 0.4) is 0 Å². The summed E-state index contributed by atoms with van der Waals surface area (Å²) < 4.78 is 47.2. The predicted molar refractivity (Wildman–Crippen MR) is 65.5 cm³/mol. The van der Waals surface area contributed by atoms with Crippen LogP contribution in [0, 0.1) is 0 Å². The summed E-state index contributed by atoms with van der Waals surface area (Å²) in [5.74, 6) is 0.956. The molecule has 0 aromatic carbocycles. The van der Waals surface area contributed by atoms with E-state index >= 15 is 0 Å². The average Bonchev–Trinajstić information content (AvgIpc) is 2.87. The first-order chi connectivity index (χ1) is 9.86. The predicted octanol–water partition coefficient (Wildman–Crippen LogP) is 1.32. The zero-order chi connectivity index (χ0) is 15.5. The zero-order valence-electron chi connectivity index (χ0n) is 11.6. The smallest absolute Gasteiger partial charge is 0.382 e. The van der Waals surface area contributed by atoms with Crippen molar-refractivity contribution >= 4 is 0 Å². The van der Waals surface area contributed by atoms with Crippen molar-refractivity contribution in [1.82, 2.24) is 15.0 Å². The fourth-order valence-electron chi connectivity index (χ4n) is 2.15. The molecule has 1 saturated heterocycles. The summed E-state index contributed by atoms with van der Waals surface area (Å²) in [7, 11) is 1.46. The van der Waals surface area contributed by atoms with E-state index in [2.05, 4.69) is 10.1 Å². The van der Waals surface area contributed by atoms with E-state index < -0.39 is 18.8 Å². The van der Waals surface area contributed by atoms with E-state index in [9.17, 15) is 13.2 Å². The van der Waals surface area contributed by atoms with Crippen LogP contribution in [-0.2, 0) is 11.3 Å². The van der Waals surface area contributed by atoms with Gasteiger partial charge in [-0.2, -0.15) is 18.2 Å². The van der Waals surface area contributed by atoms with Crippen LogP contribution < -0.4 is 0 Å². The Bertz CT molecular complexity index is 446. The Morgan fingerprint density at radius 3 is 2.67 bits per heavy atom. The molecule has 6 nitrogen and oxygen atoms in total. The lowest BCUT2D eigenvalue weighted by atomic mass is 10.0. The van der Waals surface area contributed by atoms with Crippen LogP contribution >= 0.6 is 0 Å². The molecular weight excluding hydrogens is 291 g/mol. The Labute approximate surface area is 119 Å². The number of alkyl halides is 3. The first-order valence-electron chi connectivity index (χ1n) is 6.70. The fraction of sp³-hybridized carbons (Fsp3) is 0.833. The Balaban J connectivity index is 1.87. The number of hydrogen-bond donors (Lipinski definition) is 1. The average molecular weight is 309 g/mol. The molecule has 120 valence electrons. The van der Waals surface area contributed by atoms with E-state index in [1.807, 2.05) is 0 Å². The molecule has 0 radical (unpaired) electrons. The van der Waals surface area contributed by atoms with E-state index in [1.165, 1.54) is 11.9 Å². The van der Waals surface area contributed by atoms with Gasteiger partial charge >= 0.3 is 6.18 Å². The van der Waals surface area contributed by atoms with Gasteiger partial charge in [0.25, 0.3) is 0 Å². The number of aliphatic hydroxyl groups is 1. The van der Waals surface area contributed by atoms with Crippen molar-refractivity contribution in [2.24, 2.45) is 0 Å². The van der Waals surface area contributed by atoms with E-state index in [0.717, 1.165) is 12.8 Å². The molecule has 0 amide bonds. The highest BCUT2D eigenvalue weighted by Crippen LogP contribution is 2.25. The minimum atomic E-state index is -4.63. The maximum atomic E-state index is 12.3. The van der Waals surface area contributed by atoms with E-state index in [0.29, 0.717) is 24.9 Å². The molecule has 1 unspecified atom stereocenters. The lowest BCUT2D eigenvalue weighted by molar-refractivity contribution is -0.207. The van der Waals surface area contributed by atoms with Crippen LogP contribution in [0.1, 0.15) is 30.5 Å². The van der Waals surface area contributed by atoms with Gasteiger partial charge in [0.05, 0.1) is 6.54 Å². The van der Waals surface area contributed by atoms with Crippen molar-refractivity contribution in [2.45, 2.75) is 37.6 Å². The number of rotatable bonds is 5. The lowest BCUT2D eigenvalue weighted by Crippen LogP contribution is -2.39. The molecular formula is C12H18F3N3O3. The largest absolute Gasteiger partial charge is 0.415 e. The molecule has 0 aliphatic carbocycles. The fourth-order valence-corrected chi connectivity index (χ4v) is 2.15. The molecule has 1 N–H and O–H groups in total. The van der Waals surface area contributed by atoms with Gasteiger partial charge in [-0.05, 0) is 19.9 Å². The van der Waals surface area contributed by atoms with E-state index in [4.69, 9.17) is 14.4 Å². The van der Waals surface area contributed by atoms with Crippen molar-refractivity contribution in [3.8, 4) is 0 Å². The SMILES string of the molecule is CN(Cc1noc(C2CCOCC2)n1)CC(O)C(F)(F)F. The van der Waals surface area contributed by atoms with Gasteiger partial charge in [-0.1, -0.05) is 5.16 Å². The van der Waals surface area contributed by atoms with Gasteiger partial charge in [-0.3, -0.25) is 4.90 Å². The summed E-state index contributed by atoms with van der Waals surface area (Å²) in [6.07, 6.45) is -5.42. The molecule has 1 atom stereocenters. The summed E-state index contributed by atoms with van der Waals surface area (Å²) in [5.41, 5.74) is 0. The second kappa shape index (κ2) is 6.71. The van der Waals surface area contributed by atoms with E-state index in [1.54, 1.807) is 0 Å². The minimum absolute atomic E-state index is 0.0832. The topological polar surface area (TPSA) is 71.6 Å². The van der Waals surface area contributed by atoms with Crippen LogP contribution in [0.4, 0.5) is 13.2 Å². The normalized spacial score (nSPS) is 19.1. The lowest BCUT2D eigenvalue weighted by Gasteiger charge is -2.20. The molecule has 2 heterocycles. The molecule has 1 fully saturated rings. The summed E-state index contributed by atoms with van der Waals surface area (Å²) in [5, 5.41) is 12.8. The Kier molecular flexibility index (Phi) is 5.17. The molecule has 0 saturated carbocycles. The van der Waals surface area contributed by atoms with Gasteiger partial charge in [0, 0.05) is 25.7 Å². The second-order valence-corrected chi connectivity index (χ2v) is 5.19. The summed E-state index contributed by atoms with van der Waals surface area (Å²) in [6.45, 7) is 0.824. The molecule has 0 spiro atoms. The van der Waals surface area contributed by atoms with Crippen molar-refractivity contribution < 1.29 is 27.5 Å². The number of ether oxygens (including phenoxy) is 1. The monoisotopic (exact) mass is 309 g/mol. The number of likely N-dealkylation sites (N-methyl/N-ethyl adjacent to an activating group) is 1. The number of halogens is 3. The molecule has 1 aliphatic heterocycles. The van der Waals surface area contributed by atoms with Gasteiger partial charge in [-0.25, -0.2) is 0 Å². The summed E-state index contributed by atoms with van der Waals surface area (Å²) in [4.78, 5) is 5.51. The Morgan fingerprint density at radius 1 is 1.38 bits per heavy atom. The second-order valence-electron chi connectivity index (χ2n) is 5.19. The van der Waals surface area contributed by atoms with Gasteiger partial charge < -0.3 is 14.4 Å². The van der Waals surface area contributed by atoms with Crippen molar-refractivity contribution in [2.75, 3.05) is 26.8 Å². The highest BCUT2D eigenvalue weighted by Gasteiger charge is 2.38. The Morgan fingerprint density at radius 2 is 2.05 bits per heavy atom. The van der Waals surface area contributed by atoms with Gasteiger partial charge in [0.1, 0.15) is 0 Å². The third-order valence-corrected chi connectivity index (χ3v) is 3.33. The van der Waals surface area contributed by atoms with E-state index in [-0.39, 0.29) is 12.5 Å². The van der Waals surface area contributed by atoms with Gasteiger partial charge in [0.15, 0.2) is 11.9 Å². The third kappa shape index (κ3) is 4.65. The maximum absolute atomic E-state index is 12.3. The molecule has 2 rings (SSSR count). The minimum Gasteiger partial charge on any atom is -0.382 e. The van der Waals surface area contributed by atoms with Crippen LogP contribution in [0.5, 0.6) is 0 Å². The quantitative estimate of drug-likeness (QED) is 0.884. The molecule has 9 heteroatoms. The molecule has 1 aliphatic rings. The number of aliphatic hydroxyl groups excluding tert-OH is 1. The van der Waals surface area contributed by atoms with Crippen molar-refractivity contribution in [1.29, 1.82) is 0 Å². The highest BCUT2D eigenvalue weighted by atomic mass is 19.4. The highest BCUT2D eigenvalue weighted by molar-refractivity contribution is 4.95. The standard InChI is InChI=1S/C12H18F3N3O3/c1-18(6-9(19)12(13,14)15)7-10-16-11(21-17-10)8-2-4-20-5-3-8/h8-9,19H,2-7H2,1H3. The molecule has 1 aromatic rings. The van der Waals surface area contributed by atoms with Crippen LogP contribution in [0.15, 0.2) is 4.52 Å². The number of hydrogen-bond acceptors (Lipinski definition) is 6. The number of nitrogens with zero attached hydrogens (tertiary/aromatic N) is 3. The number of aromatic nitrogens is 2. The van der Waals surface area contributed by atoms with Crippen LogP contribution in [0.25, 0.3) is 0 Å². The molecule has 0 bridgehead atoms. The summed E-state index contributed by atoms with van der Waals surface area (Å²) >= 11 is 0. The van der Waals surface area contributed by atoms with Crippen molar-refractivity contribution in [3.63, 3.8) is 0 Å². The maximum Gasteiger partial charge on any atom is 0.415 e. The van der Waals surface area contributed by atoms with Gasteiger partial charge in [0.2, 0.25) is 5.89 Å². The van der Waals surface area contributed by atoms with Crippen LogP contribution in [0.2, 0.25) is 0 Å².